The highest BCUT2D eigenvalue weighted by Gasteiger charge is 2.18. The molecular weight excluding hydrogens is 316 g/mol. The largest absolute Gasteiger partial charge is 0.342 e. The Balaban J connectivity index is 1.67. The van der Waals surface area contributed by atoms with Gasteiger partial charge in [0.25, 0.3) is 0 Å². The molecule has 0 radical (unpaired) electrons. The van der Waals surface area contributed by atoms with Crippen LogP contribution in [0.15, 0.2) is 66.7 Å². The van der Waals surface area contributed by atoms with Crippen molar-refractivity contribution in [2.45, 2.75) is 33.1 Å². The molecule has 0 fully saturated rings. The number of hydrogen-bond acceptors (Lipinski definition) is 1. The van der Waals surface area contributed by atoms with Crippen LogP contribution in [0.4, 0.5) is 0 Å². The van der Waals surface area contributed by atoms with Crippen molar-refractivity contribution in [2.24, 2.45) is 0 Å². The molecule has 0 aliphatic carbocycles. The van der Waals surface area contributed by atoms with Crippen molar-refractivity contribution >= 4 is 11.0 Å². The Morgan fingerprint density at radius 3 is 1.77 bits per heavy atom. The molecule has 1 aromatic heterocycles. The van der Waals surface area contributed by atoms with Crippen LogP contribution >= 0.6 is 0 Å². The van der Waals surface area contributed by atoms with Crippen molar-refractivity contribution < 1.29 is 0 Å². The third-order valence-electron chi connectivity index (χ3n) is 4.80. The highest BCUT2D eigenvalue weighted by Crippen LogP contribution is 2.28. The zero-order valence-electron chi connectivity index (χ0n) is 15.8. The molecule has 2 nitrogen and oxygen atoms in total. The van der Waals surface area contributed by atoms with Crippen LogP contribution < -0.4 is 0 Å². The number of fused-ring (bicyclic) bond motifs is 1. The summed E-state index contributed by atoms with van der Waals surface area (Å²) in [6.07, 6.45) is 0. The van der Waals surface area contributed by atoms with Crippen LogP contribution in [0.25, 0.3) is 33.3 Å². The molecule has 0 saturated carbocycles. The first-order chi connectivity index (χ1) is 12.4. The number of nitrogens with one attached hydrogen (secondary N) is 1. The first kappa shape index (κ1) is 16.6. The smallest absolute Gasteiger partial charge is 0.112 e. The van der Waals surface area contributed by atoms with E-state index in [4.69, 9.17) is 4.98 Å². The fraction of sp³-hybridized carbons (Fsp3) is 0.208. The van der Waals surface area contributed by atoms with Gasteiger partial charge in [0.1, 0.15) is 5.82 Å². The Morgan fingerprint density at radius 1 is 0.692 bits per heavy atom. The molecule has 4 aromatic rings. The van der Waals surface area contributed by atoms with Crippen LogP contribution in [0.2, 0.25) is 0 Å². The number of benzene rings is 3. The van der Waals surface area contributed by atoms with Gasteiger partial charge in [-0.25, -0.2) is 4.98 Å². The highest BCUT2D eigenvalue weighted by molar-refractivity contribution is 5.82. The number of nitrogens with zero attached hydrogens (tertiary/aromatic N) is 1. The van der Waals surface area contributed by atoms with E-state index in [9.17, 15) is 0 Å². The van der Waals surface area contributed by atoms with Gasteiger partial charge in [-0.1, -0.05) is 80.9 Å². The Morgan fingerprint density at radius 2 is 1.19 bits per heavy atom. The monoisotopic (exact) mass is 340 g/mol. The number of H-pyrrole nitrogens is 1. The molecule has 4 rings (SSSR count). The lowest BCUT2D eigenvalue weighted by Crippen LogP contribution is -2.12. The number of hydrogen-bond donors (Lipinski definition) is 1. The average molecular weight is 340 g/mol. The molecule has 0 amide bonds. The van der Waals surface area contributed by atoms with Crippen LogP contribution in [-0.4, -0.2) is 9.97 Å². The average Bonchev–Trinajstić information content (AvgIpc) is 3.06. The summed E-state index contributed by atoms with van der Waals surface area (Å²) in [5.41, 5.74) is 8.34. The summed E-state index contributed by atoms with van der Waals surface area (Å²) in [6.45, 7) is 8.64. The van der Waals surface area contributed by atoms with Gasteiger partial charge in [0.05, 0.1) is 11.0 Å². The number of aromatic nitrogens is 2. The van der Waals surface area contributed by atoms with Gasteiger partial charge in [-0.15, -0.1) is 0 Å². The Kier molecular flexibility index (Phi) is 3.91. The molecule has 1 heterocycles. The molecule has 0 saturated heterocycles. The molecule has 1 N–H and O–H groups in total. The van der Waals surface area contributed by atoms with E-state index in [0.717, 1.165) is 16.9 Å². The van der Waals surface area contributed by atoms with Gasteiger partial charge in [0.2, 0.25) is 0 Å². The molecule has 0 atom stereocenters. The van der Waals surface area contributed by atoms with Crippen LogP contribution in [0.3, 0.4) is 0 Å². The second-order valence-corrected chi connectivity index (χ2v) is 8.01. The van der Waals surface area contributed by atoms with Crippen molar-refractivity contribution in [3.63, 3.8) is 0 Å². The summed E-state index contributed by atoms with van der Waals surface area (Å²) >= 11 is 0. The van der Waals surface area contributed by atoms with Gasteiger partial charge in [0, 0.05) is 5.41 Å². The van der Waals surface area contributed by atoms with Crippen molar-refractivity contribution in [3.8, 4) is 22.3 Å². The maximum Gasteiger partial charge on any atom is 0.112 e. The van der Waals surface area contributed by atoms with Crippen molar-refractivity contribution in [3.05, 3.63) is 78.1 Å². The fourth-order valence-corrected chi connectivity index (χ4v) is 3.15. The van der Waals surface area contributed by atoms with E-state index < -0.39 is 0 Å². The molecule has 130 valence electrons. The lowest BCUT2D eigenvalue weighted by Gasteiger charge is -2.13. The predicted octanol–water partition coefficient (Wildman–Crippen LogP) is 6.50. The molecule has 0 aliphatic heterocycles. The number of aromatic amines is 1. The summed E-state index contributed by atoms with van der Waals surface area (Å²) in [5, 5.41) is 0. The lowest BCUT2D eigenvalue weighted by atomic mass is 9.96. The van der Waals surface area contributed by atoms with Crippen molar-refractivity contribution in [1.82, 2.24) is 9.97 Å². The zero-order valence-corrected chi connectivity index (χ0v) is 15.8. The van der Waals surface area contributed by atoms with E-state index in [1.807, 2.05) is 0 Å². The minimum Gasteiger partial charge on any atom is -0.342 e. The van der Waals surface area contributed by atoms with Gasteiger partial charge >= 0.3 is 0 Å². The van der Waals surface area contributed by atoms with E-state index >= 15 is 0 Å². The van der Waals surface area contributed by atoms with E-state index in [2.05, 4.69) is 99.4 Å². The van der Waals surface area contributed by atoms with Crippen LogP contribution in [0, 0.1) is 6.92 Å². The van der Waals surface area contributed by atoms with Crippen LogP contribution in [-0.2, 0) is 5.41 Å². The van der Waals surface area contributed by atoms with E-state index in [-0.39, 0.29) is 5.41 Å². The Bertz CT molecular complexity index is 1050. The van der Waals surface area contributed by atoms with Gasteiger partial charge in [-0.2, -0.15) is 0 Å². The van der Waals surface area contributed by atoms with Gasteiger partial charge in [0.15, 0.2) is 0 Å². The molecule has 0 unspecified atom stereocenters. The molecule has 3 aromatic carbocycles. The van der Waals surface area contributed by atoms with E-state index in [1.165, 1.54) is 27.8 Å². The van der Waals surface area contributed by atoms with Gasteiger partial charge < -0.3 is 4.98 Å². The lowest BCUT2D eigenvalue weighted by molar-refractivity contribution is 0.554. The standard InChI is InChI=1S/C24H24N2/c1-16-5-7-17(8-6-16)18-9-11-19(12-10-18)20-13-14-21-22(15-20)26-23(25-21)24(2,3)4/h5-15H,1-4H3,(H,25,26). The highest BCUT2D eigenvalue weighted by atomic mass is 14.9. The maximum absolute atomic E-state index is 4.72. The minimum atomic E-state index is 0.0227. The Labute approximate surface area is 154 Å². The topological polar surface area (TPSA) is 28.7 Å². The predicted molar refractivity (Wildman–Crippen MR) is 110 cm³/mol. The first-order valence-electron chi connectivity index (χ1n) is 9.08. The summed E-state index contributed by atoms with van der Waals surface area (Å²) in [6, 6.07) is 23.9. The van der Waals surface area contributed by atoms with Crippen LogP contribution in [0.5, 0.6) is 0 Å². The van der Waals surface area contributed by atoms with Gasteiger partial charge in [-0.3, -0.25) is 0 Å². The second-order valence-electron chi connectivity index (χ2n) is 8.01. The quantitative estimate of drug-likeness (QED) is 0.443. The fourth-order valence-electron chi connectivity index (χ4n) is 3.15. The molecule has 0 bridgehead atoms. The van der Waals surface area contributed by atoms with E-state index in [1.54, 1.807) is 0 Å². The summed E-state index contributed by atoms with van der Waals surface area (Å²) in [5.74, 6) is 1.03. The number of aryl methyl sites for hydroxylation is 1. The molecule has 0 aliphatic rings. The Hall–Kier alpha value is -2.87. The van der Waals surface area contributed by atoms with Crippen LogP contribution in [0.1, 0.15) is 32.2 Å². The first-order valence-corrected chi connectivity index (χ1v) is 9.08. The minimum absolute atomic E-state index is 0.0227. The normalized spacial score (nSPS) is 11.8. The molecule has 2 heteroatoms. The number of rotatable bonds is 2. The SMILES string of the molecule is Cc1ccc(-c2ccc(-c3ccc4nc(C(C)(C)C)[nH]c4c3)cc2)cc1. The second kappa shape index (κ2) is 6.14. The maximum atomic E-state index is 4.72. The summed E-state index contributed by atoms with van der Waals surface area (Å²) < 4.78 is 0. The third kappa shape index (κ3) is 3.15. The molecular formula is C24H24N2. The van der Waals surface area contributed by atoms with E-state index in [0.29, 0.717) is 0 Å². The third-order valence-corrected chi connectivity index (χ3v) is 4.80. The summed E-state index contributed by atoms with van der Waals surface area (Å²) in [7, 11) is 0. The summed E-state index contributed by atoms with van der Waals surface area (Å²) in [4.78, 5) is 8.20. The van der Waals surface area contributed by atoms with Crippen molar-refractivity contribution in [2.75, 3.05) is 0 Å². The zero-order chi connectivity index (χ0) is 18.3. The molecule has 0 spiro atoms. The molecule has 26 heavy (non-hydrogen) atoms. The van der Waals surface area contributed by atoms with Crippen molar-refractivity contribution in [1.29, 1.82) is 0 Å². The number of imidazole rings is 1. The van der Waals surface area contributed by atoms with Gasteiger partial charge in [-0.05, 0) is 41.3 Å².